The minimum absolute atomic E-state index is 0.0243. The van der Waals surface area contributed by atoms with E-state index in [1.807, 2.05) is 43.1 Å². The normalized spacial score (nSPS) is 14.4. The van der Waals surface area contributed by atoms with E-state index in [9.17, 15) is 9.59 Å². The van der Waals surface area contributed by atoms with Gasteiger partial charge in [-0.05, 0) is 30.7 Å². The number of aromatic nitrogens is 1. The van der Waals surface area contributed by atoms with E-state index >= 15 is 0 Å². The zero-order valence-electron chi connectivity index (χ0n) is 17.6. The Morgan fingerprint density at radius 3 is 2.62 bits per heavy atom. The van der Waals surface area contributed by atoms with Gasteiger partial charge in [-0.15, -0.1) is 0 Å². The number of rotatable bonds is 8. The largest absolute Gasteiger partial charge is 0.454 e. The fraction of sp³-hybridized carbons (Fsp3) is 0.545. The Morgan fingerprint density at radius 1 is 1.17 bits per heavy atom. The summed E-state index contributed by atoms with van der Waals surface area (Å²) in [6.45, 7) is 10.1. The van der Waals surface area contributed by atoms with Crippen molar-refractivity contribution in [3.8, 4) is 0 Å². The molecule has 7 heteroatoms. The summed E-state index contributed by atoms with van der Waals surface area (Å²) in [5.74, 6) is 1.12. The molecule has 0 atom stereocenters. The summed E-state index contributed by atoms with van der Waals surface area (Å²) in [6.07, 6.45) is 2.90. The van der Waals surface area contributed by atoms with Crippen LogP contribution in [0.4, 0.5) is 0 Å². The minimum Gasteiger partial charge on any atom is -0.454 e. The van der Waals surface area contributed by atoms with Gasteiger partial charge in [0, 0.05) is 37.4 Å². The first kappa shape index (κ1) is 21.2. The SMILES string of the molecule is CCCN(Cc1cccn1Cc1ccc(C(=O)N2CCOCC2)o1)C(=O)C(C)C. The molecule has 1 saturated heterocycles. The molecule has 0 aromatic carbocycles. The van der Waals surface area contributed by atoms with Crippen molar-refractivity contribution in [1.29, 1.82) is 0 Å². The number of furan rings is 1. The van der Waals surface area contributed by atoms with Gasteiger partial charge in [-0.2, -0.15) is 0 Å². The highest BCUT2D eigenvalue weighted by Crippen LogP contribution is 2.16. The highest BCUT2D eigenvalue weighted by molar-refractivity contribution is 5.91. The Morgan fingerprint density at radius 2 is 1.93 bits per heavy atom. The molecule has 29 heavy (non-hydrogen) atoms. The highest BCUT2D eigenvalue weighted by atomic mass is 16.5. The second-order valence-corrected chi connectivity index (χ2v) is 7.71. The van der Waals surface area contributed by atoms with Crippen LogP contribution in [-0.2, 0) is 22.6 Å². The molecule has 2 aromatic heterocycles. The van der Waals surface area contributed by atoms with E-state index in [1.165, 1.54) is 0 Å². The van der Waals surface area contributed by atoms with Gasteiger partial charge in [0.25, 0.3) is 5.91 Å². The van der Waals surface area contributed by atoms with E-state index in [0.29, 0.717) is 45.2 Å². The number of carbonyl (C=O) groups excluding carboxylic acids is 2. The van der Waals surface area contributed by atoms with Gasteiger partial charge >= 0.3 is 0 Å². The van der Waals surface area contributed by atoms with E-state index in [0.717, 1.165) is 24.4 Å². The maximum absolute atomic E-state index is 12.6. The molecule has 1 aliphatic heterocycles. The molecule has 3 heterocycles. The van der Waals surface area contributed by atoms with Crippen LogP contribution < -0.4 is 0 Å². The number of morpholine rings is 1. The monoisotopic (exact) mass is 401 g/mol. The number of carbonyl (C=O) groups is 2. The maximum atomic E-state index is 12.6. The third kappa shape index (κ3) is 5.29. The van der Waals surface area contributed by atoms with Crippen LogP contribution in [-0.4, -0.2) is 59.0 Å². The van der Waals surface area contributed by atoms with Crippen LogP contribution in [0, 0.1) is 5.92 Å². The fourth-order valence-corrected chi connectivity index (χ4v) is 3.51. The van der Waals surface area contributed by atoms with Crippen LogP contribution in [0.1, 0.15) is 49.2 Å². The zero-order valence-corrected chi connectivity index (χ0v) is 17.6. The molecule has 1 aliphatic rings. The third-order valence-corrected chi connectivity index (χ3v) is 5.07. The highest BCUT2D eigenvalue weighted by Gasteiger charge is 2.22. The summed E-state index contributed by atoms with van der Waals surface area (Å²) in [7, 11) is 0. The van der Waals surface area contributed by atoms with Gasteiger partial charge in [-0.3, -0.25) is 9.59 Å². The van der Waals surface area contributed by atoms with E-state index in [4.69, 9.17) is 9.15 Å². The summed E-state index contributed by atoms with van der Waals surface area (Å²) in [5.41, 5.74) is 1.05. The molecular weight excluding hydrogens is 370 g/mol. The molecule has 0 aliphatic carbocycles. The van der Waals surface area contributed by atoms with E-state index in [-0.39, 0.29) is 17.7 Å². The topological polar surface area (TPSA) is 67.9 Å². The van der Waals surface area contributed by atoms with Crippen LogP contribution >= 0.6 is 0 Å². The quantitative estimate of drug-likeness (QED) is 0.682. The second kappa shape index (κ2) is 9.78. The number of hydrogen-bond donors (Lipinski definition) is 0. The lowest BCUT2D eigenvalue weighted by molar-refractivity contribution is -0.135. The molecule has 0 radical (unpaired) electrons. The maximum Gasteiger partial charge on any atom is 0.289 e. The van der Waals surface area contributed by atoms with E-state index in [1.54, 1.807) is 11.0 Å². The lowest BCUT2D eigenvalue weighted by atomic mass is 10.2. The predicted molar refractivity (Wildman–Crippen MR) is 110 cm³/mol. The van der Waals surface area contributed by atoms with Crippen molar-refractivity contribution >= 4 is 11.8 Å². The van der Waals surface area contributed by atoms with Gasteiger partial charge in [-0.25, -0.2) is 0 Å². The Bertz CT molecular complexity index is 818. The summed E-state index contributed by atoms with van der Waals surface area (Å²) in [5, 5.41) is 0. The van der Waals surface area contributed by atoms with Crippen molar-refractivity contribution in [2.45, 2.75) is 40.3 Å². The minimum atomic E-state index is -0.0936. The molecule has 158 valence electrons. The van der Waals surface area contributed by atoms with Gasteiger partial charge in [-0.1, -0.05) is 20.8 Å². The predicted octanol–water partition coefficient (Wildman–Crippen LogP) is 3.00. The Hall–Kier alpha value is -2.54. The molecule has 0 spiro atoms. The summed E-state index contributed by atoms with van der Waals surface area (Å²) >= 11 is 0. The molecule has 0 N–H and O–H groups in total. The van der Waals surface area contributed by atoms with Crippen LogP contribution in [0.15, 0.2) is 34.9 Å². The molecule has 0 saturated carbocycles. The molecule has 7 nitrogen and oxygen atoms in total. The molecule has 3 rings (SSSR count). The smallest absolute Gasteiger partial charge is 0.289 e. The average Bonchev–Trinajstić information content (AvgIpc) is 3.37. The van der Waals surface area contributed by atoms with Crippen LogP contribution in [0.3, 0.4) is 0 Å². The Kier molecular flexibility index (Phi) is 7.14. The van der Waals surface area contributed by atoms with E-state index < -0.39 is 0 Å². The molecule has 0 bridgehead atoms. The molecular formula is C22H31N3O4. The van der Waals surface area contributed by atoms with Crippen molar-refractivity contribution < 1.29 is 18.7 Å². The summed E-state index contributed by atoms with van der Waals surface area (Å²) < 4.78 is 13.2. The number of ether oxygens (including phenoxy) is 1. The number of amides is 2. The third-order valence-electron chi connectivity index (χ3n) is 5.07. The van der Waals surface area contributed by atoms with Gasteiger partial charge in [0.15, 0.2) is 5.76 Å². The van der Waals surface area contributed by atoms with Crippen LogP contribution in [0.2, 0.25) is 0 Å². The lowest BCUT2D eigenvalue weighted by Gasteiger charge is -2.25. The summed E-state index contributed by atoms with van der Waals surface area (Å²) in [6, 6.07) is 7.59. The second-order valence-electron chi connectivity index (χ2n) is 7.71. The zero-order chi connectivity index (χ0) is 20.8. The number of hydrogen-bond acceptors (Lipinski definition) is 4. The van der Waals surface area contributed by atoms with Crippen molar-refractivity contribution in [2.75, 3.05) is 32.8 Å². The van der Waals surface area contributed by atoms with Crippen LogP contribution in [0.25, 0.3) is 0 Å². The lowest BCUT2D eigenvalue weighted by Crippen LogP contribution is -2.40. The van der Waals surface area contributed by atoms with Crippen molar-refractivity contribution in [3.63, 3.8) is 0 Å². The first-order valence-electron chi connectivity index (χ1n) is 10.4. The first-order chi connectivity index (χ1) is 14.0. The first-order valence-corrected chi connectivity index (χ1v) is 10.4. The Balaban J connectivity index is 1.67. The average molecular weight is 402 g/mol. The van der Waals surface area contributed by atoms with Crippen molar-refractivity contribution in [3.05, 3.63) is 47.7 Å². The standard InChI is InChI=1S/C22H31N3O4/c1-4-9-25(21(26)17(2)3)15-18-6-5-10-24(18)16-19-7-8-20(29-19)22(27)23-11-13-28-14-12-23/h5-8,10,17H,4,9,11-16H2,1-3H3. The van der Waals surface area contributed by atoms with Crippen molar-refractivity contribution in [2.24, 2.45) is 5.92 Å². The van der Waals surface area contributed by atoms with Crippen LogP contribution in [0.5, 0.6) is 0 Å². The van der Waals surface area contributed by atoms with Gasteiger partial charge in [0.1, 0.15) is 5.76 Å². The fourth-order valence-electron chi connectivity index (χ4n) is 3.51. The number of nitrogens with zero attached hydrogens (tertiary/aromatic N) is 3. The molecule has 0 unspecified atom stereocenters. The molecule has 1 fully saturated rings. The summed E-state index contributed by atoms with van der Waals surface area (Å²) in [4.78, 5) is 28.7. The van der Waals surface area contributed by atoms with Gasteiger partial charge < -0.3 is 23.5 Å². The van der Waals surface area contributed by atoms with Gasteiger partial charge in [0.05, 0.1) is 26.3 Å². The van der Waals surface area contributed by atoms with E-state index in [2.05, 4.69) is 11.5 Å². The van der Waals surface area contributed by atoms with Crippen molar-refractivity contribution in [1.82, 2.24) is 14.4 Å². The molecule has 2 amide bonds. The van der Waals surface area contributed by atoms with Gasteiger partial charge in [0.2, 0.25) is 5.91 Å². The Labute approximate surface area is 172 Å². The molecule has 2 aromatic rings.